The molecule has 0 amide bonds. The average Bonchev–Trinajstić information content (AvgIpc) is 4.04. The molecule has 0 spiro atoms. The van der Waals surface area contributed by atoms with Crippen LogP contribution in [0.2, 0.25) is 0 Å². The van der Waals surface area contributed by atoms with Gasteiger partial charge in [0.25, 0.3) is 0 Å². The van der Waals surface area contributed by atoms with Gasteiger partial charge in [-0.2, -0.15) is 12.1 Å². The van der Waals surface area contributed by atoms with Crippen LogP contribution in [0.5, 0.6) is 23.0 Å². The van der Waals surface area contributed by atoms with E-state index in [1.807, 2.05) is 91.0 Å². The quantitative estimate of drug-likeness (QED) is 0.161. The number of hydrogen-bond donors (Lipinski definition) is 0. The molecule has 0 radical (unpaired) electrons. The summed E-state index contributed by atoms with van der Waals surface area (Å²) in [5.74, 6) is 2.31. The van der Waals surface area contributed by atoms with Crippen molar-refractivity contribution >= 4 is 44.6 Å². The van der Waals surface area contributed by atoms with Gasteiger partial charge in [-0.05, 0) is 92.7 Å². The summed E-state index contributed by atoms with van der Waals surface area (Å²) in [6, 6.07) is 55.0. The first-order valence-electron chi connectivity index (χ1n) is 27.0. The van der Waals surface area contributed by atoms with Crippen LogP contribution in [0, 0.1) is 18.8 Å². The molecule has 0 unspecified atom stereocenters. The zero-order chi connectivity index (χ0) is 53.9. The molecule has 0 saturated carbocycles. The minimum absolute atomic E-state index is 0. The predicted molar refractivity (Wildman–Crippen MR) is 285 cm³/mol. The maximum absolute atomic E-state index is 9.82. The molecule has 0 N–H and O–H groups in total. The van der Waals surface area contributed by atoms with E-state index in [1.54, 1.807) is 22.9 Å². The second-order valence-electron chi connectivity index (χ2n) is 18.3. The van der Waals surface area contributed by atoms with Gasteiger partial charge < -0.3 is 23.8 Å². The third-order valence-corrected chi connectivity index (χ3v) is 12.9. The third-order valence-electron chi connectivity index (χ3n) is 12.9. The number of pyridine rings is 1. The summed E-state index contributed by atoms with van der Waals surface area (Å²) in [7, 11) is 0. The number of ether oxygens (including phenoxy) is 2. The van der Waals surface area contributed by atoms with Crippen LogP contribution >= 0.6 is 0 Å². The van der Waals surface area contributed by atoms with Crippen LogP contribution in [0.4, 0.5) is 22.7 Å². The number of fused-ring (bicyclic) bond motifs is 5. The van der Waals surface area contributed by atoms with Crippen molar-refractivity contribution in [2.45, 2.75) is 26.2 Å². The molecule has 6 nitrogen and oxygen atoms in total. The Morgan fingerprint density at radius 1 is 0.549 bits per heavy atom. The van der Waals surface area contributed by atoms with Crippen molar-refractivity contribution in [2.75, 3.05) is 9.80 Å². The minimum Gasteiger partial charge on any atom is -0.509 e. The topological polar surface area (TPSA) is 42.8 Å². The van der Waals surface area contributed by atoms with Gasteiger partial charge in [-0.15, -0.1) is 48.1 Å². The van der Waals surface area contributed by atoms with E-state index in [1.165, 1.54) is 0 Å². The van der Waals surface area contributed by atoms with Crippen molar-refractivity contribution in [3.8, 4) is 73.3 Å². The Morgan fingerprint density at radius 2 is 1.25 bits per heavy atom. The Labute approximate surface area is 439 Å². The third kappa shape index (κ3) is 7.85. The molecule has 11 aromatic rings. The summed E-state index contributed by atoms with van der Waals surface area (Å²) in [4.78, 5) is 9.40. The van der Waals surface area contributed by atoms with Crippen molar-refractivity contribution in [1.29, 1.82) is 0 Å². The van der Waals surface area contributed by atoms with E-state index in [0.29, 0.717) is 39.7 Å². The fraction of sp³-hybridized carbons (Fsp3) is 0.0625. The largest absolute Gasteiger partial charge is 0.509 e. The molecule has 7 heteroatoms. The maximum Gasteiger partial charge on any atom is 0.135 e. The normalized spacial score (nSPS) is 14.3. The predicted octanol–water partition coefficient (Wildman–Crippen LogP) is 17.0. The zero-order valence-corrected chi connectivity index (χ0v) is 40.9. The molecule has 6 heterocycles. The van der Waals surface area contributed by atoms with E-state index < -0.39 is 41.7 Å². The first-order chi connectivity index (χ1) is 37.6. The fourth-order valence-corrected chi connectivity index (χ4v) is 9.61. The minimum atomic E-state index is -0.606. The molecule has 0 fully saturated rings. The maximum atomic E-state index is 9.82. The van der Waals surface area contributed by atoms with Gasteiger partial charge in [-0.1, -0.05) is 154 Å². The van der Waals surface area contributed by atoms with Crippen LogP contribution in [0.15, 0.2) is 212 Å². The van der Waals surface area contributed by atoms with Crippen molar-refractivity contribution in [3.05, 3.63) is 237 Å². The standard InChI is InChI=1S/C64H45N4O2.Pt/c1-64(2,3)57-39-62-65-40-56(57)46-19-12-21-49(35-46)69-48-30-27-44(28-31-48)53-24-14-23-52(43-17-8-5-9-18-43)63(53)67-41-66(59-25-10-11-26-60(59)67)47-20-13-22-50(37-47)70-51-32-33-54-55-36-45(42-15-6-4-7-16-42)29-34-58(55)68(62)61(54)38-51;/h4-36,39-41H,1-3H3;/q-3;/i4D,6D,7D,15D,16D,29D,34D,36D;. The molecule has 4 aliphatic rings. The van der Waals surface area contributed by atoms with Crippen molar-refractivity contribution < 1.29 is 41.5 Å². The second kappa shape index (κ2) is 17.7. The van der Waals surface area contributed by atoms with Crippen molar-refractivity contribution in [2.24, 2.45) is 0 Å². The first kappa shape index (κ1) is 35.9. The Balaban J connectivity index is 0.00000623. The molecule has 0 aliphatic carbocycles. The van der Waals surface area contributed by atoms with Crippen LogP contribution in [-0.4, -0.2) is 9.55 Å². The van der Waals surface area contributed by atoms with E-state index in [9.17, 15) is 4.11 Å². The number of rotatable bonds is 2. The van der Waals surface area contributed by atoms with Crippen LogP contribution in [0.25, 0.3) is 72.1 Å². The number of anilines is 4. The molecule has 15 rings (SSSR count). The van der Waals surface area contributed by atoms with E-state index in [-0.39, 0.29) is 60.9 Å². The Bertz CT molecular complexity index is 4270. The molecular formula is C64H45N4O2Pt-3. The van der Waals surface area contributed by atoms with E-state index in [2.05, 4.69) is 104 Å². The molecule has 9 aromatic carbocycles. The smallest absolute Gasteiger partial charge is 0.135 e. The average molecular weight is 1110 g/mol. The van der Waals surface area contributed by atoms with Gasteiger partial charge in [0, 0.05) is 78.0 Å². The van der Waals surface area contributed by atoms with E-state index >= 15 is 0 Å². The second-order valence-corrected chi connectivity index (χ2v) is 18.3. The van der Waals surface area contributed by atoms with Crippen LogP contribution < -0.4 is 19.3 Å². The van der Waals surface area contributed by atoms with E-state index in [0.717, 1.165) is 56.0 Å². The molecule has 4 aliphatic heterocycles. The van der Waals surface area contributed by atoms with Crippen molar-refractivity contribution in [3.63, 3.8) is 0 Å². The monoisotopic (exact) mass is 1100 g/mol. The van der Waals surface area contributed by atoms with Crippen LogP contribution in [0.1, 0.15) is 37.3 Å². The SMILES string of the molecule is [2H]c1c([2H])c([2H])c(-c2c([2H])c([2H])c3c(c2[2H])c2ccc4[c-]c2n3-c2cc(C(C)(C)C)c(cn2)-c2cccc(c2)Oc2ccc(cc2)-c2cccc(-c3ccccc3)c2N2[CH-]N(c3[c-]c(ccc3)O4)c3ccccc32)c([2H])c1[2H].[Pt]. The zero-order valence-electron chi connectivity index (χ0n) is 46.6. The molecule has 2 aromatic heterocycles. The summed E-state index contributed by atoms with van der Waals surface area (Å²) in [6.45, 7) is 8.39. The van der Waals surface area contributed by atoms with Gasteiger partial charge in [0.2, 0.25) is 0 Å². The van der Waals surface area contributed by atoms with Gasteiger partial charge in [-0.3, -0.25) is 0 Å². The summed E-state index contributed by atoms with van der Waals surface area (Å²) < 4.78 is 87.0. The van der Waals surface area contributed by atoms with Gasteiger partial charge >= 0.3 is 0 Å². The molecule has 0 saturated heterocycles. The Kier molecular flexibility index (Phi) is 8.92. The summed E-state index contributed by atoms with van der Waals surface area (Å²) in [5.41, 5.74) is 9.73. The van der Waals surface area contributed by atoms with Gasteiger partial charge in [0.1, 0.15) is 17.3 Å². The first-order valence-corrected chi connectivity index (χ1v) is 23.0. The fourth-order valence-electron chi connectivity index (χ4n) is 9.61. The Morgan fingerprint density at radius 3 is 2.04 bits per heavy atom. The van der Waals surface area contributed by atoms with Crippen LogP contribution in [0.3, 0.4) is 0 Å². The van der Waals surface area contributed by atoms with Gasteiger partial charge in [-0.25, -0.2) is 4.98 Å². The molecule has 71 heavy (non-hydrogen) atoms. The molecular weight excluding hydrogens is 1050 g/mol. The summed E-state index contributed by atoms with van der Waals surface area (Å²) in [5, 5.41) is 0.655. The number of nitrogens with zero attached hydrogens (tertiary/aromatic N) is 4. The van der Waals surface area contributed by atoms with Crippen molar-refractivity contribution in [1.82, 2.24) is 9.55 Å². The Hall–Kier alpha value is -8.18. The van der Waals surface area contributed by atoms with Crippen LogP contribution in [-0.2, 0) is 26.5 Å². The number of benzene rings is 9. The van der Waals surface area contributed by atoms with Gasteiger partial charge in [0.05, 0.1) is 11.0 Å². The molecule has 0 atom stereocenters. The summed E-state index contributed by atoms with van der Waals surface area (Å²) in [6.07, 6.45) is 1.78. The van der Waals surface area contributed by atoms with E-state index in [4.69, 9.17) is 21.3 Å². The number of hydrogen-bond acceptors (Lipinski definition) is 5. The molecule has 346 valence electrons. The van der Waals surface area contributed by atoms with Gasteiger partial charge in [0.15, 0.2) is 0 Å². The number of para-hydroxylation sites is 3. The summed E-state index contributed by atoms with van der Waals surface area (Å²) >= 11 is 0. The number of aromatic nitrogens is 2. The molecule has 12 bridgehead atoms.